The van der Waals surface area contributed by atoms with Gasteiger partial charge in [-0.3, -0.25) is 4.79 Å². The molecule has 1 amide bonds. The molecule has 3 aliphatic rings. The van der Waals surface area contributed by atoms with Gasteiger partial charge in [0.05, 0.1) is 36.4 Å². The fourth-order valence-corrected chi connectivity index (χ4v) is 4.72. The fraction of sp³-hybridized carbons (Fsp3) is 0.417. The maximum Gasteiger partial charge on any atom is 0.257 e. The van der Waals surface area contributed by atoms with Gasteiger partial charge in [-0.2, -0.15) is 5.10 Å². The van der Waals surface area contributed by atoms with Gasteiger partial charge in [0.15, 0.2) is 0 Å². The molecular weight excluding hydrogens is 390 g/mol. The zero-order valence-electron chi connectivity index (χ0n) is 17.5. The normalized spacial score (nSPS) is 18.3. The lowest BCUT2D eigenvalue weighted by molar-refractivity contribution is 0.0302. The summed E-state index contributed by atoms with van der Waals surface area (Å²) in [5, 5.41) is 4.60. The molecule has 3 aromatic rings. The predicted molar refractivity (Wildman–Crippen MR) is 115 cm³/mol. The van der Waals surface area contributed by atoms with Crippen molar-refractivity contribution in [1.29, 1.82) is 0 Å². The summed E-state index contributed by atoms with van der Waals surface area (Å²) >= 11 is 0. The van der Waals surface area contributed by atoms with Crippen molar-refractivity contribution in [2.75, 3.05) is 26.3 Å². The first-order valence-corrected chi connectivity index (χ1v) is 11.2. The monoisotopic (exact) mass is 415 g/mol. The molecule has 1 aromatic carbocycles. The summed E-state index contributed by atoms with van der Waals surface area (Å²) < 4.78 is 7.21. The maximum absolute atomic E-state index is 13.2. The van der Waals surface area contributed by atoms with Crippen LogP contribution in [0.2, 0.25) is 0 Å². The second-order valence-corrected chi connectivity index (χ2v) is 8.59. The second-order valence-electron chi connectivity index (χ2n) is 8.59. The number of aryl methyl sites for hydroxylation is 2. The number of nitrogens with zero attached hydrogens (tertiary/aromatic N) is 5. The number of carbonyl (C=O) groups excluding carboxylic acids is 1. The van der Waals surface area contributed by atoms with Gasteiger partial charge in [-0.15, -0.1) is 0 Å². The summed E-state index contributed by atoms with van der Waals surface area (Å²) in [5.74, 6) is 0.937. The predicted octanol–water partition coefficient (Wildman–Crippen LogP) is 3.17. The average molecular weight is 415 g/mol. The van der Waals surface area contributed by atoms with E-state index in [2.05, 4.69) is 34.3 Å². The van der Waals surface area contributed by atoms with Gasteiger partial charge in [0.25, 0.3) is 11.9 Å². The topological polar surface area (TPSA) is 73.1 Å². The number of carbonyl (C=O) groups is 1. The van der Waals surface area contributed by atoms with Gasteiger partial charge in [-0.25, -0.2) is 14.6 Å². The van der Waals surface area contributed by atoms with Crippen molar-refractivity contribution in [2.24, 2.45) is 0 Å². The molecule has 1 aliphatic heterocycles. The Morgan fingerprint density at radius 2 is 1.84 bits per heavy atom. The molecule has 7 nitrogen and oxygen atoms in total. The molecule has 0 bridgehead atoms. The molecule has 158 valence electrons. The third kappa shape index (κ3) is 3.33. The van der Waals surface area contributed by atoms with E-state index < -0.39 is 0 Å². The first-order valence-electron chi connectivity index (χ1n) is 11.2. The molecule has 2 aliphatic carbocycles. The van der Waals surface area contributed by atoms with Crippen LogP contribution in [0, 0.1) is 0 Å². The highest BCUT2D eigenvalue weighted by Gasteiger charge is 2.35. The van der Waals surface area contributed by atoms with Crippen molar-refractivity contribution in [1.82, 2.24) is 24.6 Å². The minimum absolute atomic E-state index is 0.0385. The molecule has 7 heteroatoms. The van der Waals surface area contributed by atoms with Crippen molar-refractivity contribution in [3.8, 4) is 17.2 Å². The van der Waals surface area contributed by atoms with Gasteiger partial charge >= 0.3 is 0 Å². The van der Waals surface area contributed by atoms with Crippen molar-refractivity contribution in [2.45, 2.75) is 38.0 Å². The van der Waals surface area contributed by atoms with Crippen molar-refractivity contribution >= 4 is 5.91 Å². The Labute approximate surface area is 181 Å². The van der Waals surface area contributed by atoms with Crippen LogP contribution in [0.1, 0.15) is 52.4 Å². The molecule has 0 radical (unpaired) electrons. The molecule has 2 aromatic heterocycles. The van der Waals surface area contributed by atoms with E-state index in [4.69, 9.17) is 9.72 Å². The zero-order chi connectivity index (χ0) is 20.8. The molecule has 1 saturated heterocycles. The van der Waals surface area contributed by atoms with Gasteiger partial charge in [0.2, 0.25) is 0 Å². The van der Waals surface area contributed by atoms with Crippen LogP contribution in [-0.4, -0.2) is 56.9 Å². The number of hydrogen-bond donors (Lipinski definition) is 0. The van der Waals surface area contributed by atoms with Gasteiger partial charge in [0, 0.05) is 30.8 Å². The molecule has 0 N–H and O–H groups in total. The summed E-state index contributed by atoms with van der Waals surface area (Å²) in [7, 11) is 0. The van der Waals surface area contributed by atoms with Gasteiger partial charge in [0.1, 0.15) is 0 Å². The fourth-order valence-electron chi connectivity index (χ4n) is 4.72. The van der Waals surface area contributed by atoms with Crippen LogP contribution in [0.3, 0.4) is 0 Å². The van der Waals surface area contributed by atoms with Crippen LogP contribution in [0.15, 0.2) is 36.7 Å². The quantitative estimate of drug-likeness (QED) is 0.657. The highest BCUT2D eigenvalue weighted by atomic mass is 16.5. The third-order valence-electron chi connectivity index (χ3n) is 6.51. The minimum atomic E-state index is 0.0385. The van der Waals surface area contributed by atoms with Crippen molar-refractivity contribution in [3.63, 3.8) is 0 Å². The lowest BCUT2D eigenvalue weighted by atomic mass is 10.0. The Morgan fingerprint density at radius 1 is 1.03 bits per heavy atom. The van der Waals surface area contributed by atoms with Crippen LogP contribution in [-0.2, 0) is 17.6 Å². The summed E-state index contributed by atoms with van der Waals surface area (Å²) in [4.78, 5) is 24.7. The number of fused-ring (bicyclic) bond motifs is 3. The second kappa shape index (κ2) is 7.57. The smallest absolute Gasteiger partial charge is 0.257 e. The van der Waals surface area contributed by atoms with E-state index in [-0.39, 0.29) is 5.91 Å². The number of rotatable bonds is 3. The first-order chi connectivity index (χ1) is 15.3. The number of benzene rings is 1. The van der Waals surface area contributed by atoms with Crippen molar-refractivity contribution in [3.05, 3.63) is 59.0 Å². The van der Waals surface area contributed by atoms with E-state index >= 15 is 0 Å². The van der Waals surface area contributed by atoms with Crippen LogP contribution >= 0.6 is 0 Å². The van der Waals surface area contributed by atoms with Crippen LogP contribution in [0.25, 0.3) is 17.2 Å². The molecule has 31 heavy (non-hydrogen) atoms. The van der Waals surface area contributed by atoms with E-state index in [1.807, 2.05) is 11.1 Å². The van der Waals surface area contributed by atoms with E-state index in [1.54, 1.807) is 10.9 Å². The third-order valence-corrected chi connectivity index (χ3v) is 6.51. The summed E-state index contributed by atoms with van der Waals surface area (Å²) in [6.07, 6.45) is 8.91. The largest absolute Gasteiger partial charge is 0.378 e. The van der Waals surface area contributed by atoms with Crippen molar-refractivity contribution < 1.29 is 9.53 Å². The van der Waals surface area contributed by atoms with Crippen LogP contribution < -0.4 is 0 Å². The van der Waals surface area contributed by atoms with Gasteiger partial charge in [-0.1, -0.05) is 24.3 Å². The SMILES string of the molecule is O=C(c1cnn(-c2ncc3c(n2)-c2ccccc2CCC3)c1C1CC1)N1CCOCC1. The minimum Gasteiger partial charge on any atom is -0.378 e. The Hall–Kier alpha value is -3.06. The Bertz CT molecular complexity index is 1140. The molecule has 1 saturated carbocycles. The molecule has 0 spiro atoms. The van der Waals surface area contributed by atoms with E-state index in [9.17, 15) is 4.79 Å². The summed E-state index contributed by atoms with van der Waals surface area (Å²) in [5.41, 5.74) is 6.33. The lowest BCUT2D eigenvalue weighted by Crippen LogP contribution is -2.40. The molecule has 0 atom stereocenters. The molecule has 0 unspecified atom stereocenters. The van der Waals surface area contributed by atoms with Crippen LogP contribution in [0.5, 0.6) is 0 Å². The number of amides is 1. The highest BCUT2D eigenvalue weighted by molar-refractivity contribution is 5.95. The number of morpholine rings is 1. The Balaban J connectivity index is 1.43. The van der Waals surface area contributed by atoms with E-state index in [1.165, 1.54) is 16.7 Å². The first kappa shape index (κ1) is 18.7. The van der Waals surface area contributed by atoms with Gasteiger partial charge in [-0.05, 0) is 43.2 Å². The lowest BCUT2D eigenvalue weighted by Gasteiger charge is -2.26. The zero-order valence-corrected chi connectivity index (χ0v) is 17.5. The number of hydrogen-bond acceptors (Lipinski definition) is 5. The van der Waals surface area contributed by atoms with Gasteiger partial charge < -0.3 is 9.64 Å². The Morgan fingerprint density at radius 3 is 2.68 bits per heavy atom. The number of ether oxygens (including phenoxy) is 1. The molecule has 3 heterocycles. The average Bonchev–Trinajstić information content (AvgIpc) is 3.60. The highest BCUT2D eigenvalue weighted by Crippen LogP contribution is 2.42. The molecule has 2 fully saturated rings. The maximum atomic E-state index is 13.2. The summed E-state index contributed by atoms with van der Waals surface area (Å²) in [6, 6.07) is 8.50. The van der Waals surface area contributed by atoms with E-state index in [0.29, 0.717) is 43.7 Å². The standard InChI is InChI=1S/C24H25N5O2/c30-23(28-10-12-31-13-11-28)20-15-26-29(22(20)17-8-9-17)24-25-14-18-6-3-5-16-4-1-2-7-19(16)21(18)27-24/h1-2,4,7,14-15,17H,3,5-6,8-13H2. The Kier molecular flexibility index (Phi) is 4.56. The molecular formula is C24H25N5O2. The molecule has 6 rings (SSSR count). The number of aromatic nitrogens is 4. The van der Waals surface area contributed by atoms with Crippen LogP contribution in [0.4, 0.5) is 0 Å². The van der Waals surface area contributed by atoms with E-state index in [0.717, 1.165) is 43.5 Å². The summed E-state index contributed by atoms with van der Waals surface area (Å²) in [6.45, 7) is 2.43.